The van der Waals surface area contributed by atoms with Gasteiger partial charge >= 0.3 is 11.7 Å². The van der Waals surface area contributed by atoms with E-state index < -0.39 is 11.5 Å². The van der Waals surface area contributed by atoms with Gasteiger partial charge < -0.3 is 24.1 Å². The Hall–Kier alpha value is -4.01. The van der Waals surface area contributed by atoms with Crippen LogP contribution in [-0.2, 0) is 4.79 Å². The van der Waals surface area contributed by atoms with Crippen molar-refractivity contribution in [3.8, 4) is 11.5 Å². The summed E-state index contributed by atoms with van der Waals surface area (Å²) in [5.41, 5.74) is 0.463. The number of nitrogens with one attached hydrogen (secondary N) is 1. The average Bonchev–Trinajstić information content (AvgIpc) is 3.13. The van der Waals surface area contributed by atoms with Gasteiger partial charge in [0, 0.05) is 30.2 Å². The molecule has 1 fully saturated rings. The summed E-state index contributed by atoms with van der Waals surface area (Å²) in [6, 6.07) is 13.4. The van der Waals surface area contributed by atoms with E-state index in [0.717, 1.165) is 0 Å². The Morgan fingerprint density at radius 2 is 1.81 bits per heavy atom. The molecule has 3 amide bonds. The number of fused-ring (bicyclic) bond motifs is 1. The highest BCUT2D eigenvalue weighted by molar-refractivity contribution is 6.00. The minimum absolute atomic E-state index is 0.0343. The lowest BCUT2D eigenvalue weighted by Crippen LogP contribution is -2.37. The normalized spacial score (nSPS) is 13.5. The number of ether oxygens (including phenoxy) is 2. The first kappa shape index (κ1) is 20.3. The van der Waals surface area contributed by atoms with Crippen molar-refractivity contribution >= 4 is 34.3 Å². The molecule has 3 aromatic rings. The molecule has 31 heavy (non-hydrogen) atoms. The van der Waals surface area contributed by atoms with E-state index in [2.05, 4.69) is 5.32 Å². The van der Waals surface area contributed by atoms with Gasteiger partial charge in [-0.2, -0.15) is 0 Å². The van der Waals surface area contributed by atoms with Crippen LogP contribution in [0.15, 0.2) is 57.7 Å². The molecule has 4 rings (SSSR count). The number of amides is 3. The summed E-state index contributed by atoms with van der Waals surface area (Å²) in [6.07, 6.45) is 0. The minimum Gasteiger partial charge on any atom is -0.493 e. The van der Waals surface area contributed by atoms with E-state index in [1.807, 2.05) is 0 Å². The lowest BCUT2D eigenvalue weighted by Gasteiger charge is -2.19. The van der Waals surface area contributed by atoms with Gasteiger partial charge in [-0.15, -0.1) is 0 Å². The number of hydrogen-bond donors (Lipinski definition) is 1. The van der Waals surface area contributed by atoms with Crippen LogP contribution in [0.4, 0.5) is 16.2 Å². The van der Waals surface area contributed by atoms with Gasteiger partial charge in [0.2, 0.25) is 5.91 Å². The van der Waals surface area contributed by atoms with Crippen LogP contribution in [0.25, 0.3) is 11.0 Å². The molecule has 0 aliphatic carbocycles. The highest BCUT2D eigenvalue weighted by Gasteiger charge is 2.31. The zero-order valence-electron chi connectivity index (χ0n) is 17.1. The Morgan fingerprint density at radius 3 is 2.58 bits per heavy atom. The summed E-state index contributed by atoms with van der Waals surface area (Å²) < 4.78 is 15.7. The van der Waals surface area contributed by atoms with Crippen molar-refractivity contribution in [1.82, 2.24) is 4.90 Å². The topological polar surface area (TPSA) is 101 Å². The van der Waals surface area contributed by atoms with Crippen molar-refractivity contribution in [2.45, 2.75) is 0 Å². The molecule has 1 aliphatic rings. The van der Waals surface area contributed by atoms with E-state index in [4.69, 9.17) is 13.9 Å². The molecular weight excluding hydrogens is 402 g/mol. The largest absolute Gasteiger partial charge is 0.493 e. The zero-order valence-corrected chi connectivity index (χ0v) is 17.1. The Bertz CT molecular complexity index is 1210. The molecule has 1 aromatic heterocycles. The van der Waals surface area contributed by atoms with Gasteiger partial charge in [0.15, 0.2) is 11.5 Å². The van der Waals surface area contributed by atoms with Gasteiger partial charge in [-0.3, -0.25) is 9.69 Å². The second-order valence-electron chi connectivity index (χ2n) is 6.93. The molecule has 1 aliphatic heterocycles. The van der Waals surface area contributed by atoms with Gasteiger partial charge in [-0.1, -0.05) is 18.2 Å². The number of methoxy groups -OCH3 is 2. The molecule has 1 saturated heterocycles. The number of carbonyl (C=O) groups is 2. The number of benzene rings is 2. The van der Waals surface area contributed by atoms with Gasteiger partial charge in [-0.25, -0.2) is 9.59 Å². The molecule has 0 atom stereocenters. The summed E-state index contributed by atoms with van der Waals surface area (Å²) in [7, 11) is 3.06. The Morgan fingerprint density at radius 1 is 1.03 bits per heavy atom. The van der Waals surface area contributed by atoms with Crippen LogP contribution in [0.5, 0.6) is 11.5 Å². The summed E-state index contributed by atoms with van der Waals surface area (Å²) >= 11 is 0. The third kappa shape index (κ3) is 4.02. The van der Waals surface area contributed by atoms with Crippen molar-refractivity contribution in [3.05, 3.63) is 59.0 Å². The number of para-hydroxylation sites is 1. The Balaban J connectivity index is 1.45. The average molecular weight is 423 g/mol. The van der Waals surface area contributed by atoms with Gasteiger partial charge in [0.1, 0.15) is 17.8 Å². The second-order valence-corrected chi connectivity index (χ2v) is 6.93. The molecule has 160 valence electrons. The first-order valence-electron chi connectivity index (χ1n) is 9.61. The molecule has 1 N–H and O–H groups in total. The fourth-order valence-corrected chi connectivity index (χ4v) is 3.47. The number of carbonyl (C=O) groups excluding carboxylic acids is 2. The Labute approximate surface area is 177 Å². The second kappa shape index (κ2) is 8.39. The molecule has 0 unspecified atom stereocenters. The van der Waals surface area contributed by atoms with E-state index in [1.165, 1.54) is 19.1 Å². The minimum atomic E-state index is -0.647. The molecule has 2 aromatic carbocycles. The highest BCUT2D eigenvalue weighted by Crippen LogP contribution is 2.32. The maximum absolute atomic E-state index is 12.8. The molecule has 0 radical (unpaired) electrons. The van der Waals surface area contributed by atoms with Crippen LogP contribution < -0.4 is 25.3 Å². The summed E-state index contributed by atoms with van der Waals surface area (Å²) in [4.78, 5) is 40.4. The molecule has 9 nitrogen and oxygen atoms in total. The maximum Gasteiger partial charge on any atom is 0.360 e. The lowest BCUT2D eigenvalue weighted by atomic mass is 10.2. The van der Waals surface area contributed by atoms with Crippen LogP contribution in [0, 0.1) is 0 Å². The number of anilines is 2. The zero-order chi connectivity index (χ0) is 22.0. The number of hydrogen-bond acceptors (Lipinski definition) is 6. The molecular formula is C22H21N3O6. The third-order valence-electron chi connectivity index (χ3n) is 5.02. The van der Waals surface area contributed by atoms with Crippen molar-refractivity contribution in [3.63, 3.8) is 0 Å². The van der Waals surface area contributed by atoms with Crippen LogP contribution in [0.2, 0.25) is 0 Å². The van der Waals surface area contributed by atoms with Crippen LogP contribution in [0.1, 0.15) is 0 Å². The lowest BCUT2D eigenvalue weighted by molar-refractivity contribution is -0.116. The SMILES string of the molecule is COc1ccc(N2CCN(CC(=O)Nc3cc4ccccc4oc3=O)C2=O)cc1OC. The molecule has 0 bridgehead atoms. The smallest absolute Gasteiger partial charge is 0.360 e. The molecule has 0 spiro atoms. The van der Waals surface area contributed by atoms with Gasteiger partial charge in [0.05, 0.1) is 14.2 Å². The molecule has 2 heterocycles. The van der Waals surface area contributed by atoms with E-state index in [0.29, 0.717) is 41.2 Å². The van der Waals surface area contributed by atoms with Crippen LogP contribution in [-0.4, -0.2) is 50.7 Å². The van der Waals surface area contributed by atoms with E-state index in [1.54, 1.807) is 53.4 Å². The fraction of sp³-hybridized carbons (Fsp3) is 0.227. The third-order valence-corrected chi connectivity index (χ3v) is 5.02. The fourth-order valence-electron chi connectivity index (χ4n) is 3.47. The highest BCUT2D eigenvalue weighted by atomic mass is 16.5. The predicted molar refractivity (Wildman–Crippen MR) is 115 cm³/mol. The first-order chi connectivity index (χ1) is 15.0. The van der Waals surface area contributed by atoms with Crippen LogP contribution >= 0.6 is 0 Å². The van der Waals surface area contributed by atoms with E-state index >= 15 is 0 Å². The van der Waals surface area contributed by atoms with Crippen LogP contribution in [0.3, 0.4) is 0 Å². The van der Waals surface area contributed by atoms with Crippen molar-refractivity contribution in [2.75, 3.05) is 44.1 Å². The maximum atomic E-state index is 12.8. The van der Waals surface area contributed by atoms with Gasteiger partial charge in [0.25, 0.3) is 0 Å². The number of urea groups is 1. The molecule has 9 heteroatoms. The number of rotatable bonds is 6. The van der Waals surface area contributed by atoms with E-state index in [9.17, 15) is 14.4 Å². The standard InChI is InChI=1S/C22H21N3O6/c1-29-18-8-7-15(12-19(18)30-2)25-10-9-24(22(25)28)13-20(26)23-16-11-14-5-3-4-6-17(14)31-21(16)27/h3-8,11-12H,9-10,13H2,1-2H3,(H,23,26). The summed E-state index contributed by atoms with van der Waals surface area (Å²) in [5, 5.41) is 3.23. The van der Waals surface area contributed by atoms with E-state index in [-0.39, 0.29) is 18.3 Å². The Kier molecular flexibility index (Phi) is 5.48. The van der Waals surface area contributed by atoms with Gasteiger partial charge in [-0.05, 0) is 24.3 Å². The number of nitrogens with zero attached hydrogens (tertiary/aromatic N) is 2. The summed E-state index contributed by atoms with van der Waals surface area (Å²) in [5.74, 6) is 0.584. The summed E-state index contributed by atoms with van der Waals surface area (Å²) in [6.45, 7) is 0.599. The monoisotopic (exact) mass is 423 g/mol. The predicted octanol–water partition coefficient (Wildman–Crippen LogP) is 2.69. The first-order valence-corrected chi connectivity index (χ1v) is 9.61. The quantitative estimate of drug-likeness (QED) is 0.612. The van der Waals surface area contributed by atoms with Crippen molar-refractivity contribution in [1.29, 1.82) is 0 Å². The van der Waals surface area contributed by atoms with Crippen molar-refractivity contribution in [2.24, 2.45) is 0 Å². The molecule has 0 saturated carbocycles. The van der Waals surface area contributed by atoms with Crippen molar-refractivity contribution < 1.29 is 23.5 Å².